The quantitative estimate of drug-likeness (QED) is 0.243. The van der Waals surface area contributed by atoms with Gasteiger partial charge in [-0.1, -0.05) is 85.5 Å². The number of allylic oxidation sites excluding steroid dienone is 7. The van der Waals surface area contributed by atoms with Crippen molar-refractivity contribution in [1.82, 2.24) is 0 Å². The molecule has 1 saturated carbocycles. The Kier molecular flexibility index (Phi) is 11.5. The molecule has 10 nitrogen and oxygen atoms in total. The zero-order valence-corrected chi connectivity index (χ0v) is 25.3. The summed E-state index contributed by atoms with van der Waals surface area (Å²) in [4.78, 5) is 0. The lowest BCUT2D eigenvalue weighted by Crippen LogP contribution is -2.67. The maximum atomic E-state index is 11.4. The predicted octanol–water partition coefficient (Wildman–Crippen LogP) is 1.87. The Hall–Kier alpha value is -3.00. The van der Waals surface area contributed by atoms with E-state index in [9.17, 15) is 15.3 Å². The minimum Gasteiger partial charge on any atom is -0.394 e. The average molecular weight is 620 g/mol. The van der Waals surface area contributed by atoms with Crippen molar-refractivity contribution in [3.8, 4) is 0 Å². The fraction of sp³-hybridized carbons (Fsp3) is 0.429. The van der Waals surface area contributed by atoms with Crippen LogP contribution in [0.4, 0.5) is 0 Å². The van der Waals surface area contributed by atoms with Gasteiger partial charge in [0.05, 0.1) is 25.9 Å². The highest BCUT2D eigenvalue weighted by Gasteiger charge is 2.49. The first-order chi connectivity index (χ1) is 21.7. The molecule has 3 aliphatic rings. The van der Waals surface area contributed by atoms with Gasteiger partial charge < -0.3 is 51.5 Å². The first kappa shape index (κ1) is 33.4. The second-order valence-electron chi connectivity index (χ2n) is 11.9. The zero-order valence-electron chi connectivity index (χ0n) is 25.3. The van der Waals surface area contributed by atoms with Gasteiger partial charge in [0.25, 0.3) is 0 Å². The summed E-state index contributed by atoms with van der Waals surface area (Å²) in [5.74, 6) is 0. The van der Waals surface area contributed by atoms with Gasteiger partial charge in [-0.25, -0.2) is 0 Å². The second-order valence-corrected chi connectivity index (χ2v) is 11.9. The molecule has 0 amide bonds. The van der Waals surface area contributed by atoms with Gasteiger partial charge in [0, 0.05) is 12.1 Å². The molecule has 5 rings (SSSR count). The van der Waals surface area contributed by atoms with Crippen LogP contribution in [0.1, 0.15) is 18.4 Å². The number of nitrogens with two attached hydrogens (primary N) is 3. The maximum Gasteiger partial charge on any atom is 0.176 e. The highest BCUT2D eigenvalue weighted by Crippen LogP contribution is 2.30. The Balaban J connectivity index is 1.25. The van der Waals surface area contributed by atoms with E-state index in [1.54, 1.807) is 0 Å². The smallest absolute Gasteiger partial charge is 0.176 e. The largest absolute Gasteiger partial charge is 0.394 e. The van der Waals surface area contributed by atoms with Crippen LogP contribution in [-0.4, -0.2) is 89.6 Å². The number of hydrogen-bond acceptors (Lipinski definition) is 10. The Bertz CT molecular complexity index is 1420. The number of hydrogen-bond donors (Lipinski definition) is 6. The van der Waals surface area contributed by atoms with Crippen LogP contribution in [0.3, 0.4) is 0 Å². The molecule has 10 atom stereocenters. The van der Waals surface area contributed by atoms with Crippen molar-refractivity contribution in [2.45, 2.75) is 80.5 Å². The van der Waals surface area contributed by atoms with Crippen LogP contribution in [0.5, 0.6) is 0 Å². The molecule has 0 bridgehead atoms. The van der Waals surface area contributed by atoms with E-state index in [1.165, 1.54) is 0 Å². The second kappa shape index (κ2) is 15.5. The van der Waals surface area contributed by atoms with Gasteiger partial charge in [0.2, 0.25) is 0 Å². The summed E-state index contributed by atoms with van der Waals surface area (Å²) in [6.45, 7) is 3.89. The molecular weight excluding hydrogens is 574 g/mol. The van der Waals surface area contributed by atoms with Crippen molar-refractivity contribution in [3.05, 3.63) is 108 Å². The van der Waals surface area contributed by atoms with Gasteiger partial charge in [-0.15, -0.1) is 0 Å². The first-order valence-electron chi connectivity index (χ1n) is 15.4. The first-order valence-corrected chi connectivity index (χ1v) is 15.4. The standard InChI is InChI=1S/C35H45N3O7/c1-21-8-4-2-3-5-9-22(13-12-21)19-43-34-29(38)35(44-28(18-39)30(34)40)45-33-27(37)17-26(36)32(31(33)41)42-20-23-14-15-24-10-6-7-11-25(24)16-23/h2-4,6-16,26-35,39-41H,1,5,17-20,36-38H2/b3-2-,8-4-,13-12-,22-9+. The molecule has 1 heterocycles. The van der Waals surface area contributed by atoms with Crippen molar-refractivity contribution < 1.29 is 34.3 Å². The molecule has 2 aliphatic carbocycles. The molecule has 2 aromatic rings. The third-order valence-electron chi connectivity index (χ3n) is 8.54. The number of benzene rings is 2. The molecule has 1 aliphatic heterocycles. The van der Waals surface area contributed by atoms with Crippen LogP contribution in [0.15, 0.2) is 103 Å². The molecular formula is C35H45N3O7. The minimum atomic E-state index is -1.22. The summed E-state index contributed by atoms with van der Waals surface area (Å²) in [7, 11) is 0. The van der Waals surface area contributed by atoms with Crippen LogP contribution < -0.4 is 17.2 Å². The molecule has 2 aromatic carbocycles. The van der Waals surface area contributed by atoms with E-state index in [1.807, 2.05) is 85.0 Å². The number of rotatable bonds is 9. The third-order valence-corrected chi connectivity index (χ3v) is 8.54. The van der Waals surface area contributed by atoms with Crippen LogP contribution >= 0.6 is 0 Å². The zero-order chi connectivity index (χ0) is 31.9. The normalized spacial score (nSPS) is 37.5. The number of aliphatic hydroxyl groups excluding tert-OH is 3. The summed E-state index contributed by atoms with van der Waals surface area (Å²) < 4.78 is 24.4. The van der Waals surface area contributed by atoms with Crippen LogP contribution in [0.25, 0.3) is 10.8 Å². The highest BCUT2D eigenvalue weighted by molar-refractivity contribution is 5.82. The molecule has 0 spiro atoms. The molecule has 10 unspecified atom stereocenters. The highest BCUT2D eigenvalue weighted by atomic mass is 16.7. The van der Waals surface area contributed by atoms with Crippen molar-refractivity contribution >= 4 is 10.8 Å². The number of fused-ring (bicyclic) bond motifs is 1. The lowest BCUT2D eigenvalue weighted by atomic mass is 9.84. The molecule has 0 radical (unpaired) electrons. The Morgan fingerprint density at radius 3 is 2.40 bits per heavy atom. The molecule has 9 N–H and O–H groups in total. The van der Waals surface area contributed by atoms with Crippen molar-refractivity contribution in [3.63, 3.8) is 0 Å². The van der Waals surface area contributed by atoms with Crippen molar-refractivity contribution in [2.24, 2.45) is 17.2 Å². The minimum absolute atomic E-state index is 0.146. The molecule has 2 fully saturated rings. The monoisotopic (exact) mass is 619 g/mol. The average Bonchev–Trinajstić information content (AvgIpc) is 3.03. The lowest BCUT2D eigenvalue weighted by molar-refractivity contribution is -0.299. The SMILES string of the molecule is C=C1/C=C\C=C/C/C=C(COC2C(N)C(OC3C(N)CC(N)C(OCc4ccc5ccccc5c4)C3O)OC(CO)C2O)\C=C/1. The van der Waals surface area contributed by atoms with Crippen LogP contribution in [0.2, 0.25) is 0 Å². The van der Waals surface area contributed by atoms with E-state index in [4.69, 9.17) is 36.1 Å². The maximum absolute atomic E-state index is 11.4. The van der Waals surface area contributed by atoms with Gasteiger partial charge >= 0.3 is 0 Å². The van der Waals surface area contributed by atoms with Gasteiger partial charge in [0.15, 0.2) is 6.29 Å². The van der Waals surface area contributed by atoms with E-state index >= 15 is 0 Å². The Morgan fingerprint density at radius 2 is 1.60 bits per heavy atom. The fourth-order valence-corrected chi connectivity index (χ4v) is 5.97. The van der Waals surface area contributed by atoms with Crippen LogP contribution in [0, 0.1) is 0 Å². The van der Waals surface area contributed by atoms with Crippen molar-refractivity contribution in [2.75, 3.05) is 13.2 Å². The van der Waals surface area contributed by atoms with Crippen molar-refractivity contribution in [1.29, 1.82) is 0 Å². The Labute approximate surface area is 264 Å². The van der Waals surface area contributed by atoms with Gasteiger partial charge in [0.1, 0.15) is 36.6 Å². The third kappa shape index (κ3) is 8.24. The van der Waals surface area contributed by atoms with Crippen LogP contribution in [-0.2, 0) is 25.6 Å². The molecule has 1 saturated heterocycles. The van der Waals surface area contributed by atoms with Gasteiger partial charge in [-0.2, -0.15) is 0 Å². The van der Waals surface area contributed by atoms with E-state index in [2.05, 4.69) is 6.58 Å². The molecule has 45 heavy (non-hydrogen) atoms. The number of ether oxygens (including phenoxy) is 4. The predicted molar refractivity (Wildman–Crippen MR) is 173 cm³/mol. The number of aliphatic hydroxyl groups is 3. The summed E-state index contributed by atoms with van der Waals surface area (Å²) in [6, 6.07) is 12.0. The van der Waals surface area contributed by atoms with E-state index in [0.29, 0.717) is 12.8 Å². The summed E-state index contributed by atoms with van der Waals surface area (Å²) in [5.41, 5.74) is 22.0. The van der Waals surface area contributed by atoms with Gasteiger partial charge in [-0.05, 0) is 46.4 Å². The van der Waals surface area contributed by atoms with E-state index in [-0.39, 0.29) is 13.2 Å². The van der Waals surface area contributed by atoms with E-state index in [0.717, 1.165) is 27.5 Å². The molecule has 0 aromatic heterocycles. The summed E-state index contributed by atoms with van der Waals surface area (Å²) in [5, 5.41) is 34.6. The summed E-state index contributed by atoms with van der Waals surface area (Å²) in [6.07, 6.45) is 7.37. The molecule has 10 heteroatoms. The van der Waals surface area contributed by atoms with Gasteiger partial charge in [-0.3, -0.25) is 0 Å². The fourth-order valence-electron chi connectivity index (χ4n) is 5.97. The van der Waals surface area contributed by atoms with E-state index < -0.39 is 67.6 Å². The lowest BCUT2D eigenvalue weighted by Gasteiger charge is -2.47. The molecule has 242 valence electrons. The summed E-state index contributed by atoms with van der Waals surface area (Å²) >= 11 is 0. The topological polar surface area (TPSA) is 176 Å². The Morgan fingerprint density at radius 1 is 0.844 bits per heavy atom.